The van der Waals surface area contributed by atoms with Gasteiger partial charge in [0.05, 0.1) is 34.0 Å². The van der Waals surface area contributed by atoms with E-state index in [0.717, 1.165) is 12.8 Å². The average Bonchev–Trinajstić information content (AvgIpc) is 2.72. The van der Waals surface area contributed by atoms with E-state index < -0.39 is 28.7 Å². The lowest BCUT2D eigenvalue weighted by atomic mass is 9.80. The van der Waals surface area contributed by atoms with Crippen LogP contribution in [0.15, 0.2) is 46.8 Å². The summed E-state index contributed by atoms with van der Waals surface area (Å²) >= 11 is 0. The summed E-state index contributed by atoms with van der Waals surface area (Å²) in [6.45, 7) is 5.06. The Hall–Kier alpha value is -3.67. The van der Waals surface area contributed by atoms with Gasteiger partial charge in [-0.3, -0.25) is 10.1 Å². The van der Waals surface area contributed by atoms with Gasteiger partial charge in [-0.05, 0) is 25.8 Å². The van der Waals surface area contributed by atoms with E-state index in [1.54, 1.807) is 19.9 Å². The predicted molar refractivity (Wildman–Crippen MR) is 112 cm³/mol. The maximum atomic E-state index is 13.0. The number of non-ortho nitro benzene ring substituents is 1. The molecule has 0 bridgehead atoms. The summed E-state index contributed by atoms with van der Waals surface area (Å²) in [7, 11) is 0. The molecule has 0 saturated carbocycles. The standard InChI is InChI=1S/C22H25N3O6/c1-4-5-7-15(11-23)12-31-22(28)19-14(3)24-13(2)18(21(26)27)20(19)16-8-6-9-17(10-16)25(29)30/h6,8-10,15,20,24H,4-5,7,12H2,1-3H3,(H,26,27). The molecule has 1 aromatic carbocycles. The number of benzene rings is 1. The molecule has 1 aromatic rings. The van der Waals surface area contributed by atoms with Crippen molar-refractivity contribution in [1.82, 2.24) is 5.32 Å². The number of carboxylic acids is 1. The molecule has 2 atom stereocenters. The van der Waals surface area contributed by atoms with Crippen LogP contribution in [0.1, 0.15) is 51.5 Å². The Morgan fingerprint density at radius 3 is 2.58 bits per heavy atom. The molecule has 31 heavy (non-hydrogen) atoms. The second kappa shape index (κ2) is 10.4. The van der Waals surface area contributed by atoms with Crippen LogP contribution in [0.4, 0.5) is 5.69 Å². The van der Waals surface area contributed by atoms with Crippen LogP contribution in [0, 0.1) is 27.4 Å². The first-order valence-corrected chi connectivity index (χ1v) is 9.94. The molecule has 0 aromatic heterocycles. The first-order valence-electron chi connectivity index (χ1n) is 9.94. The van der Waals surface area contributed by atoms with Gasteiger partial charge in [0.2, 0.25) is 0 Å². The van der Waals surface area contributed by atoms with E-state index in [4.69, 9.17) is 4.74 Å². The van der Waals surface area contributed by atoms with Crippen molar-refractivity contribution in [2.24, 2.45) is 5.92 Å². The lowest BCUT2D eigenvalue weighted by Crippen LogP contribution is -2.32. The fourth-order valence-electron chi connectivity index (χ4n) is 3.59. The SMILES string of the molecule is CCCCC(C#N)COC(=O)C1=C(C)NC(C)=C(C(=O)O)C1c1cccc([N+](=O)[O-])c1. The number of carbonyl (C=O) groups is 2. The molecule has 0 saturated heterocycles. The highest BCUT2D eigenvalue weighted by Gasteiger charge is 2.38. The molecular formula is C22H25N3O6. The maximum absolute atomic E-state index is 13.0. The summed E-state index contributed by atoms with van der Waals surface area (Å²) in [6.07, 6.45) is 2.31. The number of nitrogens with one attached hydrogen (secondary N) is 1. The summed E-state index contributed by atoms with van der Waals surface area (Å²) in [6, 6.07) is 7.65. The van der Waals surface area contributed by atoms with Crippen LogP contribution in [-0.2, 0) is 14.3 Å². The van der Waals surface area contributed by atoms with E-state index in [1.165, 1.54) is 18.2 Å². The number of carboxylic acid groups (broad SMARTS) is 1. The average molecular weight is 427 g/mol. The van der Waals surface area contributed by atoms with E-state index in [0.29, 0.717) is 23.4 Å². The predicted octanol–water partition coefficient (Wildman–Crippen LogP) is 3.79. The number of aliphatic carboxylic acids is 1. The highest BCUT2D eigenvalue weighted by atomic mass is 16.6. The number of nitro benzene ring substituents is 1. The number of nitrogens with zero attached hydrogens (tertiary/aromatic N) is 2. The largest absolute Gasteiger partial charge is 0.478 e. The van der Waals surface area contributed by atoms with E-state index >= 15 is 0 Å². The Balaban J connectivity index is 2.45. The minimum Gasteiger partial charge on any atom is -0.478 e. The summed E-state index contributed by atoms with van der Waals surface area (Å²) < 4.78 is 5.39. The van der Waals surface area contributed by atoms with Gasteiger partial charge in [-0.25, -0.2) is 9.59 Å². The zero-order valence-electron chi connectivity index (χ0n) is 17.7. The first-order chi connectivity index (χ1) is 14.7. The number of dihydropyridines is 1. The van der Waals surface area contributed by atoms with Crippen molar-refractivity contribution in [3.8, 4) is 6.07 Å². The van der Waals surface area contributed by atoms with E-state index in [1.807, 2.05) is 6.92 Å². The highest BCUT2D eigenvalue weighted by Crippen LogP contribution is 2.39. The van der Waals surface area contributed by atoms with Crippen LogP contribution in [0.3, 0.4) is 0 Å². The van der Waals surface area contributed by atoms with Crippen LogP contribution in [-0.4, -0.2) is 28.6 Å². The van der Waals surface area contributed by atoms with Crippen molar-refractivity contribution in [3.05, 3.63) is 62.5 Å². The Kier molecular flexibility index (Phi) is 7.91. The maximum Gasteiger partial charge on any atom is 0.336 e. The smallest absolute Gasteiger partial charge is 0.336 e. The molecule has 0 fully saturated rings. The summed E-state index contributed by atoms with van der Waals surface area (Å²) in [5.41, 5.74) is 0.757. The second-order valence-electron chi connectivity index (χ2n) is 7.36. The van der Waals surface area contributed by atoms with Crippen molar-refractivity contribution in [3.63, 3.8) is 0 Å². The number of rotatable bonds is 9. The molecule has 1 heterocycles. The normalized spacial score (nSPS) is 16.9. The molecule has 9 heteroatoms. The fourth-order valence-corrected chi connectivity index (χ4v) is 3.59. The Labute approximate surface area is 180 Å². The van der Waals surface area contributed by atoms with Gasteiger partial charge in [-0.2, -0.15) is 5.26 Å². The number of allylic oxidation sites excluding steroid dienone is 2. The Morgan fingerprint density at radius 2 is 2.00 bits per heavy atom. The number of ether oxygens (including phenoxy) is 1. The molecule has 9 nitrogen and oxygen atoms in total. The third-order valence-electron chi connectivity index (χ3n) is 5.13. The molecular weight excluding hydrogens is 402 g/mol. The fraction of sp³-hybridized carbons (Fsp3) is 0.409. The van der Waals surface area contributed by atoms with Crippen LogP contribution < -0.4 is 5.32 Å². The van der Waals surface area contributed by atoms with Crippen molar-refractivity contribution in [1.29, 1.82) is 5.26 Å². The van der Waals surface area contributed by atoms with Gasteiger partial charge in [-0.15, -0.1) is 0 Å². The molecule has 0 spiro atoms. The van der Waals surface area contributed by atoms with Gasteiger partial charge in [-0.1, -0.05) is 31.9 Å². The zero-order valence-corrected chi connectivity index (χ0v) is 17.7. The molecule has 2 N–H and O–H groups in total. The monoisotopic (exact) mass is 427 g/mol. The number of nitro groups is 1. The van der Waals surface area contributed by atoms with Crippen molar-refractivity contribution in [2.45, 2.75) is 46.0 Å². The van der Waals surface area contributed by atoms with Crippen molar-refractivity contribution < 1.29 is 24.4 Å². The number of esters is 1. The molecule has 0 aliphatic carbocycles. The number of unbranched alkanes of at least 4 members (excludes halogenated alkanes) is 1. The van der Waals surface area contributed by atoms with E-state index in [9.17, 15) is 30.1 Å². The highest BCUT2D eigenvalue weighted by molar-refractivity contribution is 5.99. The molecule has 2 rings (SSSR count). The topological polar surface area (TPSA) is 143 Å². The minimum atomic E-state index is -1.25. The third kappa shape index (κ3) is 5.48. The molecule has 164 valence electrons. The van der Waals surface area contributed by atoms with Crippen LogP contribution in [0.5, 0.6) is 0 Å². The molecule has 1 aliphatic rings. The van der Waals surface area contributed by atoms with Crippen LogP contribution >= 0.6 is 0 Å². The number of hydrogen-bond acceptors (Lipinski definition) is 7. The van der Waals surface area contributed by atoms with Gasteiger partial charge in [0.1, 0.15) is 6.61 Å². The first kappa shape index (κ1) is 23.6. The molecule has 1 aliphatic heterocycles. The quantitative estimate of drug-likeness (QED) is 0.344. The third-order valence-corrected chi connectivity index (χ3v) is 5.13. The minimum absolute atomic E-state index is 0.0516. The summed E-state index contributed by atoms with van der Waals surface area (Å²) in [5, 5.41) is 33.2. The second-order valence-corrected chi connectivity index (χ2v) is 7.36. The van der Waals surface area contributed by atoms with Gasteiger partial charge in [0.15, 0.2) is 0 Å². The van der Waals surface area contributed by atoms with Crippen molar-refractivity contribution >= 4 is 17.6 Å². The number of carbonyl (C=O) groups excluding carboxylic acids is 1. The number of nitriles is 1. The Morgan fingerprint density at radius 1 is 1.32 bits per heavy atom. The zero-order chi connectivity index (χ0) is 23.1. The lowest BCUT2D eigenvalue weighted by molar-refractivity contribution is -0.384. The van der Waals surface area contributed by atoms with E-state index in [2.05, 4.69) is 11.4 Å². The number of hydrogen-bond donors (Lipinski definition) is 2. The van der Waals surface area contributed by atoms with Gasteiger partial charge >= 0.3 is 11.9 Å². The van der Waals surface area contributed by atoms with Crippen molar-refractivity contribution in [2.75, 3.05) is 6.61 Å². The molecule has 0 amide bonds. The van der Waals surface area contributed by atoms with Gasteiger partial charge in [0.25, 0.3) is 5.69 Å². The summed E-state index contributed by atoms with van der Waals surface area (Å²) in [4.78, 5) is 35.7. The van der Waals surface area contributed by atoms with Gasteiger partial charge in [0, 0.05) is 23.5 Å². The summed E-state index contributed by atoms with van der Waals surface area (Å²) in [5.74, 6) is -3.53. The van der Waals surface area contributed by atoms with Crippen LogP contribution in [0.2, 0.25) is 0 Å². The lowest BCUT2D eigenvalue weighted by Gasteiger charge is -2.29. The Bertz CT molecular complexity index is 989. The van der Waals surface area contributed by atoms with E-state index in [-0.39, 0.29) is 23.4 Å². The molecule has 2 unspecified atom stereocenters. The molecule has 0 radical (unpaired) electrons. The van der Waals surface area contributed by atoms with Crippen LogP contribution in [0.25, 0.3) is 0 Å². The van der Waals surface area contributed by atoms with Gasteiger partial charge < -0.3 is 15.2 Å².